The number of benzene rings is 2. The van der Waals surface area contributed by atoms with Crippen LogP contribution in [0.4, 0.5) is 4.39 Å². The van der Waals surface area contributed by atoms with E-state index < -0.39 is 0 Å². The first-order valence-electron chi connectivity index (χ1n) is 7.90. The Kier molecular flexibility index (Phi) is 5.35. The second-order valence-corrected chi connectivity index (χ2v) is 6.59. The minimum absolute atomic E-state index is 0.127. The van der Waals surface area contributed by atoms with Crippen LogP contribution in [-0.2, 0) is 6.42 Å². The van der Waals surface area contributed by atoms with Gasteiger partial charge in [-0.3, -0.25) is 0 Å². The lowest BCUT2D eigenvalue weighted by Crippen LogP contribution is -2.30. The molecule has 0 saturated carbocycles. The van der Waals surface area contributed by atoms with E-state index in [1.807, 2.05) is 30.3 Å². The Labute approximate surface area is 127 Å². The maximum absolute atomic E-state index is 13.8. The van der Waals surface area contributed by atoms with Crippen LogP contribution in [-0.4, -0.2) is 13.1 Å². The van der Waals surface area contributed by atoms with Crippen molar-refractivity contribution < 1.29 is 4.39 Å². The Balaban J connectivity index is 2.08. The van der Waals surface area contributed by atoms with Gasteiger partial charge in [-0.2, -0.15) is 0 Å². The summed E-state index contributed by atoms with van der Waals surface area (Å²) in [6.07, 6.45) is 3.25. The molecule has 0 bridgehead atoms. The fourth-order valence-corrected chi connectivity index (χ4v) is 2.71. The lowest BCUT2D eigenvalue weighted by molar-refractivity contribution is 0.315. The number of nitrogens with one attached hydrogen (secondary N) is 1. The van der Waals surface area contributed by atoms with Crippen LogP contribution in [0.2, 0.25) is 0 Å². The van der Waals surface area contributed by atoms with E-state index in [2.05, 4.69) is 26.1 Å². The van der Waals surface area contributed by atoms with E-state index in [1.165, 1.54) is 12.0 Å². The summed E-state index contributed by atoms with van der Waals surface area (Å²) in [5.74, 6) is -0.127. The summed E-state index contributed by atoms with van der Waals surface area (Å²) in [4.78, 5) is 0. The maximum atomic E-state index is 13.8. The molecule has 2 heteroatoms. The van der Waals surface area contributed by atoms with Gasteiger partial charge in [-0.15, -0.1) is 0 Å². The topological polar surface area (TPSA) is 12.0 Å². The molecule has 0 amide bonds. The fraction of sp³-hybridized carbons (Fsp3) is 0.474. The molecule has 2 aromatic rings. The molecule has 2 rings (SSSR count). The SMILES string of the molecule is CCCNCC(C)(C)CCc1ccc(F)c2ccccc12. The van der Waals surface area contributed by atoms with E-state index in [0.717, 1.165) is 36.7 Å². The van der Waals surface area contributed by atoms with Gasteiger partial charge in [0.25, 0.3) is 0 Å². The Morgan fingerprint density at radius 2 is 1.76 bits per heavy atom. The Hall–Kier alpha value is -1.41. The minimum Gasteiger partial charge on any atom is -0.316 e. The van der Waals surface area contributed by atoms with Crippen LogP contribution < -0.4 is 5.32 Å². The third kappa shape index (κ3) is 4.28. The van der Waals surface area contributed by atoms with Crippen molar-refractivity contribution in [2.24, 2.45) is 5.41 Å². The molecule has 2 aromatic carbocycles. The smallest absolute Gasteiger partial charge is 0.131 e. The molecule has 0 radical (unpaired) electrons. The van der Waals surface area contributed by atoms with Crippen molar-refractivity contribution in [1.29, 1.82) is 0 Å². The molecular formula is C19H26FN. The van der Waals surface area contributed by atoms with Crippen LogP contribution in [0, 0.1) is 11.2 Å². The summed E-state index contributed by atoms with van der Waals surface area (Å²) < 4.78 is 13.8. The summed E-state index contributed by atoms with van der Waals surface area (Å²) in [6, 6.07) is 11.3. The van der Waals surface area contributed by atoms with E-state index in [0.29, 0.717) is 0 Å². The van der Waals surface area contributed by atoms with Crippen LogP contribution in [0.1, 0.15) is 39.2 Å². The van der Waals surface area contributed by atoms with Crippen molar-refractivity contribution in [2.45, 2.75) is 40.0 Å². The molecule has 0 atom stereocenters. The van der Waals surface area contributed by atoms with E-state index in [1.54, 1.807) is 6.07 Å². The molecule has 21 heavy (non-hydrogen) atoms. The van der Waals surface area contributed by atoms with Crippen molar-refractivity contribution >= 4 is 10.8 Å². The molecule has 0 heterocycles. The van der Waals surface area contributed by atoms with Gasteiger partial charge < -0.3 is 5.32 Å². The van der Waals surface area contributed by atoms with Crippen molar-refractivity contribution in [3.63, 3.8) is 0 Å². The van der Waals surface area contributed by atoms with Gasteiger partial charge in [0.2, 0.25) is 0 Å². The molecular weight excluding hydrogens is 261 g/mol. The average molecular weight is 287 g/mol. The van der Waals surface area contributed by atoms with Crippen LogP contribution in [0.5, 0.6) is 0 Å². The Morgan fingerprint density at radius 1 is 1.05 bits per heavy atom. The highest BCUT2D eigenvalue weighted by atomic mass is 19.1. The predicted molar refractivity (Wildman–Crippen MR) is 89.2 cm³/mol. The zero-order valence-corrected chi connectivity index (χ0v) is 13.4. The fourth-order valence-electron chi connectivity index (χ4n) is 2.71. The van der Waals surface area contributed by atoms with Gasteiger partial charge in [-0.05, 0) is 48.2 Å². The number of halogens is 1. The quantitative estimate of drug-likeness (QED) is 0.711. The highest BCUT2D eigenvalue weighted by Gasteiger charge is 2.17. The number of hydrogen-bond donors (Lipinski definition) is 1. The van der Waals surface area contributed by atoms with Crippen molar-refractivity contribution in [3.05, 3.63) is 47.8 Å². The molecule has 0 aliphatic heterocycles. The Bertz CT molecular complexity index is 589. The molecule has 0 aliphatic carbocycles. The van der Waals surface area contributed by atoms with Crippen molar-refractivity contribution in [1.82, 2.24) is 5.32 Å². The number of rotatable bonds is 7. The summed E-state index contributed by atoms with van der Waals surface area (Å²) in [7, 11) is 0. The minimum atomic E-state index is -0.127. The van der Waals surface area contributed by atoms with Gasteiger partial charge in [0.1, 0.15) is 5.82 Å². The van der Waals surface area contributed by atoms with Crippen molar-refractivity contribution in [3.8, 4) is 0 Å². The number of hydrogen-bond acceptors (Lipinski definition) is 1. The molecule has 0 fully saturated rings. The first-order chi connectivity index (χ1) is 10.0. The molecule has 0 aromatic heterocycles. The molecule has 0 unspecified atom stereocenters. The predicted octanol–water partition coefficient (Wildman–Crippen LogP) is 4.94. The van der Waals surface area contributed by atoms with Gasteiger partial charge in [-0.25, -0.2) is 4.39 Å². The highest BCUT2D eigenvalue weighted by Crippen LogP contribution is 2.27. The van der Waals surface area contributed by atoms with E-state index >= 15 is 0 Å². The lowest BCUT2D eigenvalue weighted by Gasteiger charge is -2.25. The lowest BCUT2D eigenvalue weighted by atomic mass is 9.85. The molecule has 0 aliphatic rings. The monoisotopic (exact) mass is 287 g/mol. The van der Waals surface area contributed by atoms with Crippen LogP contribution in [0.25, 0.3) is 10.8 Å². The second kappa shape index (κ2) is 7.04. The van der Waals surface area contributed by atoms with Crippen LogP contribution in [0.15, 0.2) is 36.4 Å². The first kappa shape index (κ1) is 16.0. The Morgan fingerprint density at radius 3 is 2.48 bits per heavy atom. The summed E-state index contributed by atoms with van der Waals surface area (Å²) in [5, 5.41) is 5.28. The second-order valence-electron chi connectivity index (χ2n) is 6.59. The number of aryl methyl sites for hydroxylation is 1. The van der Waals surface area contributed by atoms with Crippen LogP contribution >= 0.6 is 0 Å². The van der Waals surface area contributed by atoms with E-state index in [9.17, 15) is 4.39 Å². The third-order valence-electron chi connectivity index (χ3n) is 4.06. The first-order valence-corrected chi connectivity index (χ1v) is 7.90. The van der Waals surface area contributed by atoms with Gasteiger partial charge in [0, 0.05) is 11.9 Å². The molecule has 0 saturated heterocycles. The van der Waals surface area contributed by atoms with E-state index in [4.69, 9.17) is 0 Å². The molecule has 1 N–H and O–H groups in total. The average Bonchev–Trinajstić information content (AvgIpc) is 2.47. The van der Waals surface area contributed by atoms with E-state index in [-0.39, 0.29) is 11.2 Å². The third-order valence-corrected chi connectivity index (χ3v) is 4.06. The molecule has 0 spiro atoms. The summed E-state index contributed by atoms with van der Waals surface area (Å²) in [5.41, 5.74) is 1.50. The van der Waals surface area contributed by atoms with Crippen molar-refractivity contribution in [2.75, 3.05) is 13.1 Å². The summed E-state index contributed by atoms with van der Waals surface area (Å²) in [6.45, 7) is 8.87. The molecule has 114 valence electrons. The zero-order valence-electron chi connectivity index (χ0n) is 13.4. The van der Waals surface area contributed by atoms with Gasteiger partial charge in [-0.1, -0.05) is 51.1 Å². The number of fused-ring (bicyclic) bond motifs is 1. The molecule has 1 nitrogen and oxygen atoms in total. The van der Waals surface area contributed by atoms with Gasteiger partial charge >= 0.3 is 0 Å². The summed E-state index contributed by atoms with van der Waals surface area (Å²) >= 11 is 0. The normalized spacial score (nSPS) is 12.0. The van der Waals surface area contributed by atoms with Crippen LogP contribution in [0.3, 0.4) is 0 Å². The standard InChI is InChI=1S/C19H26FN/c1-4-13-21-14-19(2,3)12-11-15-9-10-18(20)17-8-6-5-7-16(15)17/h5-10,21H,4,11-14H2,1-3H3. The highest BCUT2D eigenvalue weighted by molar-refractivity contribution is 5.86. The zero-order chi connectivity index (χ0) is 15.3. The largest absolute Gasteiger partial charge is 0.316 e. The van der Waals surface area contributed by atoms with Gasteiger partial charge in [0.15, 0.2) is 0 Å². The maximum Gasteiger partial charge on any atom is 0.131 e. The van der Waals surface area contributed by atoms with Gasteiger partial charge in [0.05, 0.1) is 0 Å².